The molecule has 114 valence electrons. The van der Waals surface area contributed by atoms with E-state index < -0.39 is 0 Å². The molecular formula is C16H27NO2S. The van der Waals surface area contributed by atoms with E-state index in [9.17, 15) is 4.79 Å². The summed E-state index contributed by atoms with van der Waals surface area (Å²) in [6.07, 6.45) is 6.98. The molecule has 3 atom stereocenters. The second kappa shape index (κ2) is 5.11. The molecule has 0 spiro atoms. The standard InChI is InChI=1S/C16H27NO2S/c1-15(2,3)16(11-12-7-8-13(16)20-12)19-14(18)17-9-5-4-6-10-17/h12-13H,4-11H2,1-3H3. The summed E-state index contributed by atoms with van der Waals surface area (Å²) < 4.78 is 6.20. The number of likely N-dealkylation sites (tertiary alicyclic amines) is 1. The molecular weight excluding hydrogens is 270 g/mol. The Morgan fingerprint density at radius 1 is 1.20 bits per heavy atom. The summed E-state index contributed by atoms with van der Waals surface area (Å²) in [5.41, 5.74) is -0.236. The first-order valence-corrected chi connectivity index (χ1v) is 9.00. The van der Waals surface area contributed by atoms with Crippen LogP contribution in [0.3, 0.4) is 0 Å². The zero-order valence-electron chi connectivity index (χ0n) is 13.0. The molecule has 0 aliphatic carbocycles. The smallest absolute Gasteiger partial charge is 0.410 e. The van der Waals surface area contributed by atoms with Gasteiger partial charge in [-0.3, -0.25) is 0 Å². The van der Waals surface area contributed by atoms with Gasteiger partial charge < -0.3 is 9.64 Å². The second-order valence-electron chi connectivity index (χ2n) is 7.58. The molecule has 2 bridgehead atoms. The van der Waals surface area contributed by atoms with Gasteiger partial charge in [-0.2, -0.15) is 11.8 Å². The van der Waals surface area contributed by atoms with Gasteiger partial charge in [-0.15, -0.1) is 0 Å². The van der Waals surface area contributed by atoms with E-state index in [-0.39, 0.29) is 17.1 Å². The van der Waals surface area contributed by atoms with E-state index in [0.29, 0.717) is 10.5 Å². The number of hydrogen-bond donors (Lipinski definition) is 0. The average Bonchev–Trinajstić information content (AvgIpc) is 3.00. The third-order valence-corrected chi connectivity index (χ3v) is 7.04. The Kier molecular flexibility index (Phi) is 3.72. The summed E-state index contributed by atoms with van der Waals surface area (Å²) in [5, 5.41) is 1.20. The zero-order valence-corrected chi connectivity index (χ0v) is 13.8. The van der Waals surface area contributed by atoms with E-state index in [1.54, 1.807) is 0 Å². The van der Waals surface area contributed by atoms with Gasteiger partial charge in [-0.1, -0.05) is 20.8 Å². The Morgan fingerprint density at radius 3 is 2.40 bits per heavy atom. The van der Waals surface area contributed by atoms with Crippen molar-refractivity contribution in [1.82, 2.24) is 4.90 Å². The lowest BCUT2D eigenvalue weighted by atomic mass is 9.68. The Labute approximate surface area is 126 Å². The van der Waals surface area contributed by atoms with Crippen molar-refractivity contribution in [2.24, 2.45) is 5.41 Å². The fourth-order valence-corrected chi connectivity index (χ4v) is 6.09. The first-order chi connectivity index (χ1) is 9.42. The van der Waals surface area contributed by atoms with Gasteiger partial charge in [-0.25, -0.2) is 4.79 Å². The second-order valence-corrected chi connectivity index (χ2v) is 9.09. The van der Waals surface area contributed by atoms with Gasteiger partial charge in [0.1, 0.15) is 5.60 Å². The van der Waals surface area contributed by atoms with Crippen molar-refractivity contribution >= 4 is 17.9 Å². The highest BCUT2D eigenvalue weighted by molar-refractivity contribution is 8.01. The lowest BCUT2D eigenvalue weighted by Crippen LogP contribution is -2.55. The average molecular weight is 297 g/mol. The van der Waals surface area contributed by atoms with Crippen molar-refractivity contribution in [3.05, 3.63) is 0 Å². The van der Waals surface area contributed by atoms with Gasteiger partial charge >= 0.3 is 6.09 Å². The molecule has 0 aromatic rings. The normalized spacial score (nSPS) is 37.2. The summed E-state index contributed by atoms with van der Waals surface area (Å²) in [7, 11) is 0. The highest BCUT2D eigenvalue weighted by Crippen LogP contribution is 2.59. The van der Waals surface area contributed by atoms with Gasteiger partial charge in [0.05, 0.1) is 0 Å². The Hall–Kier alpha value is -0.380. The van der Waals surface area contributed by atoms with E-state index in [0.717, 1.165) is 32.4 Å². The highest BCUT2D eigenvalue weighted by Gasteiger charge is 2.60. The Balaban J connectivity index is 1.76. The molecule has 3 fully saturated rings. The van der Waals surface area contributed by atoms with Crippen LogP contribution in [0.1, 0.15) is 59.3 Å². The molecule has 3 aliphatic rings. The largest absolute Gasteiger partial charge is 0.441 e. The van der Waals surface area contributed by atoms with Crippen molar-refractivity contribution in [2.75, 3.05) is 13.1 Å². The summed E-state index contributed by atoms with van der Waals surface area (Å²) >= 11 is 2.06. The van der Waals surface area contributed by atoms with Crippen molar-refractivity contribution in [3.8, 4) is 0 Å². The van der Waals surface area contributed by atoms with Crippen LogP contribution in [0.5, 0.6) is 0 Å². The summed E-state index contributed by atoms with van der Waals surface area (Å²) in [4.78, 5) is 14.5. The first-order valence-electron chi connectivity index (χ1n) is 8.06. The molecule has 1 amide bonds. The molecule has 3 rings (SSSR count). The Morgan fingerprint density at radius 2 is 1.90 bits per heavy atom. The molecule has 0 aromatic carbocycles. The van der Waals surface area contributed by atoms with E-state index >= 15 is 0 Å². The van der Waals surface area contributed by atoms with Crippen LogP contribution in [0.15, 0.2) is 0 Å². The van der Waals surface area contributed by atoms with Crippen LogP contribution in [0.25, 0.3) is 0 Å². The predicted octanol–water partition coefficient (Wildman–Crippen LogP) is 4.06. The van der Waals surface area contributed by atoms with E-state index in [4.69, 9.17) is 4.74 Å². The monoisotopic (exact) mass is 297 g/mol. The van der Waals surface area contributed by atoms with Gasteiger partial charge in [-0.05, 0) is 32.1 Å². The number of thioether (sulfide) groups is 1. The molecule has 4 heteroatoms. The number of hydrogen-bond acceptors (Lipinski definition) is 3. The van der Waals surface area contributed by atoms with Crippen molar-refractivity contribution in [2.45, 2.75) is 75.4 Å². The molecule has 0 aromatic heterocycles. The van der Waals surface area contributed by atoms with Crippen LogP contribution in [0.4, 0.5) is 4.79 Å². The summed E-state index contributed by atoms with van der Waals surface area (Å²) in [6.45, 7) is 8.45. The first kappa shape index (κ1) is 14.6. The highest BCUT2D eigenvalue weighted by atomic mass is 32.2. The molecule has 3 unspecified atom stereocenters. The van der Waals surface area contributed by atoms with E-state index in [1.165, 1.54) is 19.3 Å². The minimum Gasteiger partial charge on any atom is -0.441 e. The number of fused-ring (bicyclic) bond motifs is 2. The lowest BCUT2D eigenvalue weighted by Gasteiger charge is -2.47. The predicted molar refractivity (Wildman–Crippen MR) is 83.1 cm³/mol. The van der Waals surface area contributed by atoms with E-state index in [2.05, 4.69) is 32.5 Å². The van der Waals surface area contributed by atoms with Crippen LogP contribution in [-0.2, 0) is 4.74 Å². The van der Waals surface area contributed by atoms with Crippen LogP contribution < -0.4 is 0 Å². The maximum absolute atomic E-state index is 12.6. The molecule has 3 aliphatic heterocycles. The van der Waals surface area contributed by atoms with Crippen molar-refractivity contribution in [1.29, 1.82) is 0 Å². The number of carbonyl (C=O) groups excluding carboxylic acids is 1. The van der Waals surface area contributed by atoms with Gasteiger partial charge in [0, 0.05) is 35.4 Å². The van der Waals surface area contributed by atoms with Crippen LogP contribution in [0.2, 0.25) is 0 Å². The fourth-order valence-electron chi connectivity index (χ4n) is 4.02. The summed E-state index contributed by atoms with van der Waals surface area (Å²) in [5.74, 6) is 0. The molecule has 0 N–H and O–H groups in total. The number of rotatable bonds is 1. The minimum atomic E-state index is -0.255. The van der Waals surface area contributed by atoms with Gasteiger partial charge in [0.15, 0.2) is 0 Å². The third-order valence-electron chi connectivity index (χ3n) is 5.31. The Bertz CT molecular complexity index is 386. The minimum absolute atomic E-state index is 0.0191. The summed E-state index contributed by atoms with van der Waals surface area (Å²) in [6, 6.07) is 0. The SMILES string of the molecule is CC(C)(C)C1(OC(=O)N2CCCCC2)CC2CCC1S2. The molecule has 0 saturated carbocycles. The zero-order chi connectivity index (χ0) is 14.4. The number of carbonyl (C=O) groups is 1. The van der Waals surface area contributed by atoms with Crippen molar-refractivity contribution < 1.29 is 9.53 Å². The van der Waals surface area contributed by atoms with E-state index in [1.807, 2.05) is 4.90 Å². The number of piperidine rings is 1. The molecule has 3 heterocycles. The molecule has 3 nitrogen and oxygen atoms in total. The van der Waals surface area contributed by atoms with Gasteiger partial charge in [0.25, 0.3) is 0 Å². The van der Waals surface area contributed by atoms with Crippen molar-refractivity contribution in [3.63, 3.8) is 0 Å². The quantitative estimate of drug-likeness (QED) is 0.731. The number of nitrogens with zero attached hydrogens (tertiary/aromatic N) is 1. The maximum Gasteiger partial charge on any atom is 0.410 e. The number of ether oxygens (including phenoxy) is 1. The van der Waals surface area contributed by atoms with Crippen LogP contribution in [0, 0.1) is 5.41 Å². The third kappa shape index (κ3) is 2.34. The topological polar surface area (TPSA) is 29.5 Å². The van der Waals surface area contributed by atoms with Crippen LogP contribution >= 0.6 is 11.8 Å². The fraction of sp³-hybridized carbons (Fsp3) is 0.938. The van der Waals surface area contributed by atoms with Crippen LogP contribution in [-0.4, -0.2) is 40.2 Å². The maximum atomic E-state index is 12.6. The molecule has 20 heavy (non-hydrogen) atoms. The molecule has 0 radical (unpaired) electrons. The van der Waals surface area contributed by atoms with Gasteiger partial charge in [0.2, 0.25) is 0 Å². The lowest BCUT2D eigenvalue weighted by molar-refractivity contribution is -0.0897. The molecule has 3 saturated heterocycles. The number of amides is 1.